The third kappa shape index (κ3) is 22.2. The fraction of sp³-hybridized carbons (Fsp3) is 0.581. The first-order chi connectivity index (χ1) is 18.5. The quantitative estimate of drug-likeness (QED) is 0.169. The molecular formula is C31H56AsN5Si3Zr. The van der Waals surface area contributed by atoms with E-state index in [-0.39, 0.29) is 41.5 Å². The molecule has 0 aliphatic heterocycles. The van der Waals surface area contributed by atoms with E-state index in [0.29, 0.717) is 0 Å². The zero-order valence-corrected chi connectivity index (χ0v) is 35.4. The molecule has 226 valence electrons. The molecule has 0 unspecified atom stereocenters. The second-order valence-electron chi connectivity index (χ2n) is 13.5. The van der Waals surface area contributed by atoms with Gasteiger partial charge in [-0.3, -0.25) is 0 Å². The Hall–Kier alpha value is 0.0422. The van der Waals surface area contributed by atoms with Crippen LogP contribution in [-0.4, -0.2) is 89.1 Å². The molecule has 0 aliphatic rings. The summed E-state index contributed by atoms with van der Waals surface area (Å²) in [6, 6.07) is 14.9. The maximum absolute atomic E-state index is 4.86. The molecule has 0 radical (unpaired) electrons. The van der Waals surface area contributed by atoms with E-state index in [9.17, 15) is 0 Å². The fourth-order valence-electron chi connectivity index (χ4n) is 3.96. The van der Waals surface area contributed by atoms with Gasteiger partial charge in [0.1, 0.15) is 0 Å². The summed E-state index contributed by atoms with van der Waals surface area (Å²) in [6.07, 6.45) is 0. The topological polar surface area (TPSA) is 59.6 Å². The number of hydrogen-bond acceptors (Lipinski definition) is 1. The van der Waals surface area contributed by atoms with Crippen LogP contribution in [0.3, 0.4) is 0 Å². The maximum atomic E-state index is 4.86. The van der Waals surface area contributed by atoms with Gasteiger partial charge in [0, 0.05) is 0 Å². The van der Waals surface area contributed by atoms with E-state index in [1.54, 1.807) is 0 Å². The van der Waals surface area contributed by atoms with Gasteiger partial charge in [0.25, 0.3) is 0 Å². The van der Waals surface area contributed by atoms with Gasteiger partial charge in [-0.25, -0.2) is 0 Å². The molecule has 0 aliphatic carbocycles. The van der Waals surface area contributed by atoms with Crippen molar-refractivity contribution in [2.75, 3.05) is 39.3 Å². The summed E-state index contributed by atoms with van der Waals surface area (Å²) in [5.74, 6) is 0. The predicted octanol–water partition coefficient (Wildman–Crippen LogP) is 8.32. The Bertz CT molecular complexity index is 949. The monoisotopic (exact) mass is 747 g/mol. The summed E-state index contributed by atoms with van der Waals surface area (Å²) in [5.41, 5.74) is 4.96. The molecule has 0 spiro atoms. The van der Waals surface area contributed by atoms with E-state index in [0.717, 1.165) is 45.0 Å². The first-order valence-corrected chi connectivity index (χ1v) is 27.0. The Kier molecular flexibility index (Phi) is 20.2. The minimum atomic E-state index is -1.28. The Morgan fingerprint density at radius 3 is 1.41 bits per heavy atom. The van der Waals surface area contributed by atoms with Crippen LogP contribution < -0.4 is 4.35 Å². The van der Waals surface area contributed by atoms with Crippen LogP contribution in [0.2, 0.25) is 58.9 Å². The van der Waals surface area contributed by atoms with Crippen molar-refractivity contribution in [1.29, 1.82) is 0 Å². The van der Waals surface area contributed by atoms with E-state index in [2.05, 4.69) is 137 Å². The van der Waals surface area contributed by atoms with Crippen LogP contribution in [0.1, 0.15) is 16.7 Å². The molecule has 41 heavy (non-hydrogen) atoms. The van der Waals surface area contributed by atoms with Crippen LogP contribution >= 0.6 is 0 Å². The van der Waals surface area contributed by atoms with Crippen LogP contribution in [0.25, 0.3) is 20.3 Å². The van der Waals surface area contributed by atoms with Crippen molar-refractivity contribution in [3.05, 3.63) is 79.4 Å². The van der Waals surface area contributed by atoms with Crippen LogP contribution in [-0.2, 0) is 26.2 Å². The Morgan fingerprint density at radius 2 is 1.05 bits per heavy atom. The van der Waals surface area contributed by atoms with E-state index in [1.165, 1.54) is 21.0 Å². The molecule has 10 heteroatoms. The molecule has 0 aromatic heterocycles. The van der Waals surface area contributed by atoms with E-state index < -0.39 is 24.7 Å². The zero-order valence-electron chi connectivity index (χ0n) is 28.0. The molecule has 2 aromatic rings. The van der Waals surface area contributed by atoms with Gasteiger partial charge in [-0.05, 0) is 19.6 Å². The van der Waals surface area contributed by atoms with Gasteiger partial charge in [-0.2, -0.15) is 0 Å². The number of rotatable bonds is 15. The Morgan fingerprint density at radius 1 is 0.659 bits per heavy atom. The van der Waals surface area contributed by atoms with Crippen LogP contribution in [0.4, 0.5) is 5.69 Å². The number of hydrogen-bond donors (Lipinski definition) is 0. The van der Waals surface area contributed by atoms with Crippen molar-refractivity contribution in [1.82, 2.24) is 4.90 Å². The molecule has 5 nitrogen and oxygen atoms in total. The van der Waals surface area contributed by atoms with Gasteiger partial charge in [0.2, 0.25) is 0 Å². The molecule has 0 saturated heterocycles. The maximum Gasteiger partial charge on any atom is 4.00 e. The minimum Gasteiger partial charge on any atom is 4.00 e. The van der Waals surface area contributed by atoms with Gasteiger partial charge in [0.05, 0.1) is 0 Å². The van der Waals surface area contributed by atoms with Gasteiger partial charge in [-0.15, -0.1) is 19.6 Å². The van der Waals surface area contributed by atoms with Crippen molar-refractivity contribution in [2.24, 2.45) is 0 Å². The van der Waals surface area contributed by atoms with E-state index in [1.807, 2.05) is 0 Å². The van der Waals surface area contributed by atoms with Crippen LogP contribution in [0.5, 0.6) is 0 Å². The first kappa shape index (κ1) is 41.0. The Balaban J connectivity index is 0.000000773. The second kappa shape index (κ2) is 20.1. The molecule has 0 saturated carbocycles. The summed E-state index contributed by atoms with van der Waals surface area (Å²) in [4.78, 5) is 19.2. The molecule has 0 fully saturated rings. The van der Waals surface area contributed by atoms with Crippen molar-refractivity contribution in [3.63, 3.8) is 0 Å². The van der Waals surface area contributed by atoms with Crippen LogP contribution in [0, 0.1) is 20.8 Å². The third-order valence-corrected chi connectivity index (χ3v) is 11.0. The van der Waals surface area contributed by atoms with Crippen molar-refractivity contribution in [2.45, 2.75) is 79.7 Å². The molecule has 0 heterocycles. The van der Waals surface area contributed by atoms with Gasteiger partial charge < -0.3 is 19.8 Å². The summed E-state index contributed by atoms with van der Waals surface area (Å²) in [7, 11) is -3.84. The summed E-state index contributed by atoms with van der Waals surface area (Å²) < 4.78 is 1.39. The van der Waals surface area contributed by atoms with Gasteiger partial charge >= 0.3 is 142 Å². The average Bonchev–Trinajstić information content (AvgIpc) is 2.79. The Labute approximate surface area is 282 Å². The number of benzene rings is 2. The summed E-state index contributed by atoms with van der Waals surface area (Å²) >= 11 is 0.0245. The molecule has 0 amide bonds. The molecule has 2 aromatic carbocycles. The predicted molar refractivity (Wildman–Crippen MR) is 193 cm³/mol. The van der Waals surface area contributed by atoms with Crippen molar-refractivity contribution >= 4 is 55.0 Å². The largest absolute Gasteiger partial charge is 4.00 e. The van der Waals surface area contributed by atoms with Crippen molar-refractivity contribution < 1.29 is 26.2 Å². The fourth-order valence-corrected chi connectivity index (χ4v) is 7.64. The van der Waals surface area contributed by atoms with Gasteiger partial charge in [0.15, 0.2) is 0 Å². The van der Waals surface area contributed by atoms with E-state index >= 15 is 0 Å². The SMILES string of the molecule is C[Si](C)(C)[N-]CCN(CC[N-][Si](C)(C)C)CC[N-][Si](C)(C)C.Cc1cc(C)c([N-]C=[As]c2ccccc2)c(C)c1.[Zr+4]. The minimum absolute atomic E-state index is 0. The van der Waals surface area contributed by atoms with E-state index in [4.69, 9.17) is 14.9 Å². The molecule has 0 atom stereocenters. The zero-order chi connectivity index (χ0) is 30.4. The number of aryl methyl sites for hydroxylation is 3. The molecule has 0 bridgehead atoms. The molecular weight excluding hydrogens is 693 g/mol. The van der Waals surface area contributed by atoms with Crippen LogP contribution in [0.15, 0.2) is 42.5 Å². The van der Waals surface area contributed by atoms with Gasteiger partial charge in [-0.1, -0.05) is 83.6 Å². The van der Waals surface area contributed by atoms with Crippen molar-refractivity contribution in [3.8, 4) is 0 Å². The summed E-state index contributed by atoms with van der Waals surface area (Å²) in [5, 5.41) is 4.66. The second-order valence-corrected chi connectivity index (χ2v) is 29.5. The molecule has 0 N–H and O–H groups in total. The normalized spacial score (nSPS) is 12.2. The standard InChI is InChI=1S/C16H17AsN.C15H39N4Si3.Zr/c1-12-9-13(2)16(14(3)10-12)18-11-17-15-7-5-4-6-8-15;1-20(2,3)16-10-13-19(14-11-17-21(4,5)6)15-12-18-22(7,8)9;/h4-11H,1-3H3;10-15H2,1-9H3;/q-1;-3;+4. The smallest absolute Gasteiger partial charge is 4.00 e. The average molecular weight is 749 g/mol. The molecule has 2 rings (SSSR count). The first-order valence-electron chi connectivity index (χ1n) is 14.6. The summed E-state index contributed by atoms with van der Waals surface area (Å²) in [6.45, 7) is 33.2. The third-order valence-electron chi connectivity index (χ3n) is 5.79. The number of nitrogens with zero attached hydrogens (tertiary/aromatic N) is 5.